The second-order valence-corrected chi connectivity index (χ2v) is 7.98. The zero-order chi connectivity index (χ0) is 22.9. The molecule has 0 aliphatic heterocycles. The molecule has 0 saturated heterocycles. The number of carbonyl (C=O) groups is 1. The largest absolute Gasteiger partial charge is 0.491 e. The molecule has 0 unspecified atom stereocenters. The van der Waals surface area contributed by atoms with E-state index < -0.39 is 0 Å². The third-order valence-corrected chi connectivity index (χ3v) is 5.01. The molecule has 6 nitrogen and oxygen atoms in total. The van der Waals surface area contributed by atoms with Gasteiger partial charge in [-0.05, 0) is 75.7 Å². The molecular weight excluding hydrogens is 424 g/mol. The number of hydrogen-bond acceptors (Lipinski definition) is 6. The van der Waals surface area contributed by atoms with Gasteiger partial charge in [0.2, 0.25) is 5.91 Å². The van der Waals surface area contributed by atoms with Gasteiger partial charge in [0.05, 0.1) is 25.0 Å². The molecule has 0 atom stereocenters. The van der Waals surface area contributed by atoms with Crippen molar-refractivity contribution in [3.05, 3.63) is 59.5 Å². The number of carbonyl (C=O) groups excluding carboxylic acids is 1. The van der Waals surface area contributed by atoms with Crippen molar-refractivity contribution in [3.8, 4) is 28.5 Å². The Morgan fingerprint density at radius 3 is 2.47 bits per heavy atom. The van der Waals surface area contributed by atoms with Crippen LogP contribution in [0.2, 0.25) is 0 Å². The maximum Gasteiger partial charge on any atom is 0.250 e. The highest BCUT2D eigenvalue weighted by Crippen LogP contribution is 2.29. The average molecular weight is 453 g/mol. The number of nitrogens with one attached hydrogen (secondary N) is 1. The number of hydrogen-bond donors (Lipinski definition) is 1. The Morgan fingerprint density at radius 2 is 1.78 bits per heavy atom. The van der Waals surface area contributed by atoms with Crippen LogP contribution in [0.3, 0.4) is 0 Å². The quantitative estimate of drug-likeness (QED) is 0.379. The predicted octanol–water partition coefficient (Wildman–Crippen LogP) is 6.05. The molecule has 1 aromatic heterocycles. The molecule has 1 N–H and O–H groups in total. The van der Waals surface area contributed by atoms with Crippen LogP contribution in [0.1, 0.15) is 33.3 Å². The van der Waals surface area contributed by atoms with Crippen molar-refractivity contribution in [2.45, 2.75) is 33.8 Å². The number of benzene rings is 2. The van der Waals surface area contributed by atoms with Crippen LogP contribution >= 0.6 is 11.3 Å². The van der Waals surface area contributed by atoms with Crippen molar-refractivity contribution in [3.63, 3.8) is 0 Å². The van der Waals surface area contributed by atoms with E-state index in [0.29, 0.717) is 29.8 Å². The Kier molecular flexibility index (Phi) is 8.27. The van der Waals surface area contributed by atoms with Gasteiger partial charge in [-0.25, -0.2) is 4.98 Å². The predicted molar refractivity (Wildman–Crippen MR) is 130 cm³/mol. The van der Waals surface area contributed by atoms with Gasteiger partial charge in [0.25, 0.3) is 0 Å². The van der Waals surface area contributed by atoms with E-state index in [1.807, 2.05) is 75.5 Å². The highest BCUT2D eigenvalue weighted by Gasteiger charge is 2.08. The van der Waals surface area contributed by atoms with Gasteiger partial charge in [0.1, 0.15) is 5.75 Å². The smallest absolute Gasteiger partial charge is 0.250 e. The molecule has 0 bridgehead atoms. The van der Waals surface area contributed by atoms with Gasteiger partial charge in [-0.2, -0.15) is 0 Å². The van der Waals surface area contributed by atoms with E-state index in [0.717, 1.165) is 22.6 Å². The normalized spacial score (nSPS) is 11.0. The van der Waals surface area contributed by atoms with Crippen LogP contribution in [0.25, 0.3) is 17.3 Å². The molecule has 0 saturated carbocycles. The fraction of sp³-hybridized carbons (Fsp3) is 0.280. The molecule has 32 heavy (non-hydrogen) atoms. The Morgan fingerprint density at radius 1 is 1.06 bits per heavy atom. The standard InChI is InChI=1S/C25H28N2O4S/c1-5-29-22-13-7-18(15-23(22)30-6-2)8-14-24(28)27-25-26-21(16-32-25)19-9-11-20(12-10-19)31-17(3)4/h7-17H,5-6H2,1-4H3,(H,26,27,28). The van der Waals surface area contributed by atoms with Crippen molar-refractivity contribution in [1.82, 2.24) is 4.98 Å². The topological polar surface area (TPSA) is 69.7 Å². The molecule has 168 valence electrons. The van der Waals surface area contributed by atoms with Crippen LogP contribution in [-0.4, -0.2) is 30.2 Å². The first-order chi connectivity index (χ1) is 15.5. The molecule has 0 aliphatic rings. The van der Waals surface area contributed by atoms with Crippen molar-refractivity contribution in [1.29, 1.82) is 0 Å². The van der Waals surface area contributed by atoms with Crippen molar-refractivity contribution >= 4 is 28.5 Å². The number of thiazole rings is 1. The third kappa shape index (κ3) is 6.59. The van der Waals surface area contributed by atoms with Crippen LogP contribution in [0.5, 0.6) is 17.2 Å². The second kappa shape index (κ2) is 11.3. The molecular formula is C25H28N2O4S. The fourth-order valence-corrected chi connectivity index (χ4v) is 3.65. The first kappa shape index (κ1) is 23.3. The molecule has 1 heterocycles. The molecule has 3 aromatic rings. The summed E-state index contributed by atoms with van der Waals surface area (Å²) in [7, 11) is 0. The Hall–Kier alpha value is -3.32. The van der Waals surface area contributed by atoms with E-state index in [9.17, 15) is 4.79 Å². The molecule has 0 radical (unpaired) electrons. The Balaban J connectivity index is 1.62. The molecule has 0 fully saturated rings. The summed E-state index contributed by atoms with van der Waals surface area (Å²) < 4.78 is 16.9. The van der Waals surface area contributed by atoms with Gasteiger partial charge >= 0.3 is 0 Å². The maximum absolute atomic E-state index is 12.4. The highest BCUT2D eigenvalue weighted by molar-refractivity contribution is 7.14. The zero-order valence-electron chi connectivity index (χ0n) is 18.8. The summed E-state index contributed by atoms with van der Waals surface area (Å²) in [6.45, 7) is 8.92. The average Bonchev–Trinajstić information content (AvgIpc) is 3.22. The SMILES string of the molecule is CCOc1ccc(C=CC(=O)Nc2nc(-c3ccc(OC(C)C)cc3)cs2)cc1OCC. The molecule has 1 amide bonds. The summed E-state index contributed by atoms with van der Waals surface area (Å²) in [5.74, 6) is 1.92. The number of amides is 1. The minimum Gasteiger partial charge on any atom is -0.491 e. The number of rotatable bonds is 10. The summed E-state index contributed by atoms with van der Waals surface area (Å²) in [5, 5.41) is 5.27. The molecule has 7 heteroatoms. The number of anilines is 1. The van der Waals surface area contributed by atoms with Gasteiger partial charge < -0.3 is 14.2 Å². The van der Waals surface area contributed by atoms with Crippen molar-refractivity contribution < 1.29 is 19.0 Å². The fourth-order valence-electron chi connectivity index (χ4n) is 2.93. The first-order valence-corrected chi connectivity index (χ1v) is 11.5. The summed E-state index contributed by atoms with van der Waals surface area (Å²) in [6, 6.07) is 13.3. The minimum absolute atomic E-state index is 0.128. The minimum atomic E-state index is -0.251. The van der Waals surface area contributed by atoms with Gasteiger partial charge in [-0.15, -0.1) is 11.3 Å². The number of nitrogens with zero attached hydrogens (tertiary/aromatic N) is 1. The second-order valence-electron chi connectivity index (χ2n) is 7.12. The van der Waals surface area contributed by atoms with E-state index in [1.54, 1.807) is 6.08 Å². The van der Waals surface area contributed by atoms with Crippen LogP contribution in [0.15, 0.2) is 53.9 Å². The summed E-state index contributed by atoms with van der Waals surface area (Å²) in [4.78, 5) is 16.9. The highest BCUT2D eigenvalue weighted by atomic mass is 32.1. The number of aromatic nitrogens is 1. The lowest BCUT2D eigenvalue weighted by Crippen LogP contribution is -2.07. The summed E-state index contributed by atoms with van der Waals surface area (Å²) >= 11 is 1.38. The van der Waals surface area contributed by atoms with E-state index in [-0.39, 0.29) is 12.0 Å². The van der Waals surface area contributed by atoms with Gasteiger partial charge in [0, 0.05) is 17.0 Å². The van der Waals surface area contributed by atoms with Crippen molar-refractivity contribution in [2.75, 3.05) is 18.5 Å². The summed E-state index contributed by atoms with van der Waals surface area (Å²) in [5.41, 5.74) is 2.61. The monoisotopic (exact) mass is 452 g/mol. The van der Waals surface area contributed by atoms with Crippen LogP contribution in [0, 0.1) is 0 Å². The van der Waals surface area contributed by atoms with E-state index in [1.165, 1.54) is 17.4 Å². The Bertz CT molecular complexity index is 1060. The number of ether oxygens (including phenoxy) is 3. The summed E-state index contributed by atoms with van der Waals surface area (Å²) in [6.07, 6.45) is 3.34. The lowest BCUT2D eigenvalue weighted by Gasteiger charge is -2.11. The van der Waals surface area contributed by atoms with Gasteiger partial charge in [-0.1, -0.05) is 6.07 Å². The molecule has 3 rings (SSSR count). The maximum atomic E-state index is 12.4. The first-order valence-electron chi connectivity index (χ1n) is 10.6. The molecule has 2 aromatic carbocycles. The van der Waals surface area contributed by atoms with Crippen molar-refractivity contribution in [2.24, 2.45) is 0 Å². The van der Waals surface area contributed by atoms with Crippen LogP contribution in [0.4, 0.5) is 5.13 Å². The van der Waals surface area contributed by atoms with Gasteiger partial charge in [-0.3, -0.25) is 10.1 Å². The lowest BCUT2D eigenvalue weighted by atomic mass is 10.2. The van der Waals surface area contributed by atoms with E-state index in [2.05, 4.69) is 10.3 Å². The lowest BCUT2D eigenvalue weighted by molar-refractivity contribution is -0.111. The van der Waals surface area contributed by atoms with Gasteiger partial charge in [0.15, 0.2) is 16.6 Å². The van der Waals surface area contributed by atoms with E-state index >= 15 is 0 Å². The third-order valence-electron chi connectivity index (χ3n) is 4.25. The van der Waals surface area contributed by atoms with Crippen LogP contribution < -0.4 is 19.5 Å². The van der Waals surface area contributed by atoms with E-state index in [4.69, 9.17) is 14.2 Å². The van der Waals surface area contributed by atoms with Crippen LogP contribution in [-0.2, 0) is 4.79 Å². The Labute approximate surface area is 192 Å². The molecule has 0 spiro atoms. The molecule has 0 aliphatic carbocycles. The zero-order valence-corrected chi connectivity index (χ0v) is 19.6.